The Morgan fingerprint density at radius 2 is 2.17 bits per heavy atom. The van der Waals surface area contributed by atoms with Crippen molar-refractivity contribution in [2.45, 2.75) is 32.6 Å². The van der Waals surface area contributed by atoms with Crippen molar-refractivity contribution in [3.63, 3.8) is 0 Å². The minimum Gasteiger partial charge on any atom is -0.446 e. The molecule has 0 spiro atoms. The molecule has 4 heteroatoms. The SMILES string of the molecule is CC(=O)OC1CCCN1COCc1ccccc1. The molecule has 0 saturated carbocycles. The molecule has 0 aromatic heterocycles. The number of benzene rings is 1. The van der Waals surface area contributed by atoms with Crippen molar-refractivity contribution in [3.8, 4) is 0 Å². The van der Waals surface area contributed by atoms with E-state index in [0.29, 0.717) is 13.3 Å². The van der Waals surface area contributed by atoms with Crippen molar-refractivity contribution >= 4 is 5.97 Å². The zero-order valence-corrected chi connectivity index (χ0v) is 10.7. The van der Waals surface area contributed by atoms with E-state index in [4.69, 9.17) is 9.47 Å². The monoisotopic (exact) mass is 249 g/mol. The van der Waals surface area contributed by atoms with E-state index in [1.54, 1.807) is 0 Å². The average Bonchev–Trinajstić information content (AvgIpc) is 2.77. The molecule has 0 radical (unpaired) electrons. The summed E-state index contributed by atoms with van der Waals surface area (Å²) in [6.07, 6.45) is 1.83. The molecule has 98 valence electrons. The zero-order valence-electron chi connectivity index (χ0n) is 10.7. The number of carbonyl (C=O) groups is 1. The summed E-state index contributed by atoms with van der Waals surface area (Å²) in [5.74, 6) is -0.227. The van der Waals surface area contributed by atoms with Crippen molar-refractivity contribution < 1.29 is 14.3 Å². The third-order valence-electron chi connectivity index (χ3n) is 2.97. The summed E-state index contributed by atoms with van der Waals surface area (Å²) in [5, 5.41) is 0. The molecule has 0 aliphatic carbocycles. The summed E-state index contributed by atoms with van der Waals surface area (Å²) >= 11 is 0. The van der Waals surface area contributed by atoms with E-state index in [1.165, 1.54) is 6.92 Å². The quantitative estimate of drug-likeness (QED) is 0.749. The Bertz CT molecular complexity index is 380. The Morgan fingerprint density at radius 1 is 1.39 bits per heavy atom. The van der Waals surface area contributed by atoms with Crippen LogP contribution in [0.15, 0.2) is 30.3 Å². The first-order chi connectivity index (χ1) is 8.75. The largest absolute Gasteiger partial charge is 0.446 e. The van der Waals surface area contributed by atoms with Gasteiger partial charge in [0.25, 0.3) is 0 Å². The van der Waals surface area contributed by atoms with Gasteiger partial charge < -0.3 is 9.47 Å². The summed E-state index contributed by atoms with van der Waals surface area (Å²) in [6.45, 7) is 3.46. The lowest BCUT2D eigenvalue weighted by molar-refractivity contribution is -0.158. The fourth-order valence-corrected chi connectivity index (χ4v) is 2.12. The average molecular weight is 249 g/mol. The number of likely N-dealkylation sites (tertiary alicyclic amines) is 1. The van der Waals surface area contributed by atoms with Crippen molar-refractivity contribution in [1.82, 2.24) is 4.90 Å². The lowest BCUT2D eigenvalue weighted by atomic mass is 10.2. The lowest BCUT2D eigenvalue weighted by Crippen LogP contribution is -2.34. The highest BCUT2D eigenvalue weighted by molar-refractivity contribution is 5.66. The topological polar surface area (TPSA) is 38.8 Å². The van der Waals surface area contributed by atoms with Gasteiger partial charge in [-0.15, -0.1) is 0 Å². The molecule has 1 unspecified atom stereocenters. The van der Waals surface area contributed by atoms with Gasteiger partial charge in [-0.25, -0.2) is 4.90 Å². The predicted octanol–water partition coefficient (Wildman–Crippen LogP) is 2.15. The Hall–Kier alpha value is -1.39. The van der Waals surface area contributed by atoms with E-state index in [0.717, 1.165) is 24.9 Å². The molecule has 1 atom stereocenters. The molecule has 18 heavy (non-hydrogen) atoms. The number of ether oxygens (including phenoxy) is 2. The van der Waals surface area contributed by atoms with E-state index >= 15 is 0 Å². The van der Waals surface area contributed by atoms with Gasteiger partial charge in [0.15, 0.2) is 6.23 Å². The van der Waals surface area contributed by atoms with E-state index in [2.05, 4.69) is 4.90 Å². The van der Waals surface area contributed by atoms with Crippen molar-refractivity contribution in [2.24, 2.45) is 0 Å². The van der Waals surface area contributed by atoms with E-state index in [-0.39, 0.29) is 12.2 Å². The van der Waals surface area contributed by atoms with E-state index in [1.807, 2.05) is 30.3 Å². The first-order valence-electron chi connectivity index (χ1n) is 6.28. The van der Waals surface area contributed by atoms with Crippen LogP contribution in [0.3, 0.4) is 0 Å². The van der Waals surface area contributed by atoms with Crippen molar-refractivity contribution in [3.05, 3.63) is 35.9 Å². The summed E-state index contributed by atoms with van der Waals surface area (Å²) in [6, 6.07) is 10.0. The van der Waals surface area contributed by atoms with Crippen LogP contribution in [0, 0.1) is 0 Å². The van der Waals surface area contributed by atoms with Gasteiger partial charge in [-0.05, 0) is 18.4 Å². The van der Waals surface area contributed by atoms with Crippen LogP contribution in [-0.2, 0) is 20.9 Å². The smallest absolute Gasteiger partial charge is 0.304 e. The Labute approximate surface area is 107 Å². The Kier molecular flexibility index (Phi) is 4.73. The molecular weight excluding hydrogens is 230 g/mol. The summed E-state index contributed by atoms with van der Waals surface area (Å²) in [7, 11) is 0. The normalized spacial score (nSPS) is 19.9. The maximum Gasteiger partial charge on any atom is 0.304 e. The fourth-order valence-electron chi connectivity index (χ4n) is 2.12. The predicted molar refractivity (Wildman–Crippen MR) is 67.6 cm³/mol. The summed E-state index contributed by atoms with van der Waals surface area (Å²) in [4.78, 5) is 13.0. The second kappa shape index (κ2) is 6.52. The first kappa shape index (κ1) is 13.1. The summed E-state index contributed by atoms with van der Waals surface area (Å²) < 4.78 is 10.9. The lowest BCUT2D eigenvalue weighted by Gasteiger charge is -2.23. The van der Waals surface area contributed by atoms with Crippen LogP contribution in [0.1, 0.15) is 25.3 Å². The molecule has 1 heterocycles. The highest BCUT2D eigenvalue weighted by Crippen LogP contribution is 2.18. The van der Waals surface area contributed by atoms with Gasteiger partial charge in [-0.2, -0.15) is 0 Å². The van der Waals surface area contributed by atoms with E-state index in [9.17, 15) is 4.79 Å². The molecule has 1 saturated heterocycles. The second-order valence-corrected chi connectivity index (χ2v) is 4.48. The van der Waals surface area contributed by atoms with Gasteiger partial charge in [0, 0.05) is 13.5 Å². The molecular formula is C14H19NO3. The van der Waals surface area contributed by atoms with E-state index < -0.39 is 0 Å². The maximum atomic E-state index is 11.0. The van der Waals surface area contributed by atoms with Gasteiger partial charge in [0.2, 0.25) is 0 Å². The molecule has 1 aromatic rings. The van der Waals surface area contributed by atoms with Crippen LogP contribution in [-0.4, -0.2) is 30.4 Å². The van der Waals surface area contributed by atoms with Crippen LogP contribution in [0.2, 0.25) is 0 Å². The number of rotatable bonds is 5. The molecule has 2 rings (SSSR count). The molecule has 1 aromatic carbocycles. The highest BCUT2D eigenvalue weighted by Gasteiger charge is 2.26. The highest BCUT2D eigenvalue weighted by atomic mass is 16.6. The molecule has 1 aliphatic rings. The Morgan fingerprint density at radius 3 is 2.89 bits per heavy atom. The minimum absolute atomic E-state index is 0.113. The van der Waals surface area contributed by atoms with Crippen LogP contribution in [0.5, 0.6) is 0 Å². The fraction of sp³-hybridized carbons (Fsp3) is 0.500. The maximum absolute atomic E-state index is 11.0. The van der Waals surface area contributed by atoms with Crippen LogP contribution >= 0.6 is 0 Å². The zero-order chi connectivity index (χ0) is 12.8. The minimum atomic E-state index is -0.227. The molecule has 0 bridgehead atoms. The van der Waals surface area contributed by atoms with Crippen LogP contribution in [0.4, 0.5) is 0 Å². The second-order valence-electron chi connectivity index (χ2n) is 4.48. The molecule has 1 fully saturated rings. The molecule has 0 N–H and O–H groups in total. The number of carbonyl (C=O) groups excluding carboxylic acids is 1. The number of hydrogen-bond donors (Lipinski definition) is 0. The molecule has 0 amide bonds. The van der Waals surface area contributed by atoms with Gasteiger partial charge in [0.05, 0.1) is 6.61 Å². The number of hydrogen-bond acceptors (Lipinski definition) is 4. The van der Waals surface area contributed by atoms with Crippen LogP contribution in [0.25, 0.3) is 0 Å². The first-order valence-corrected chi connectivity index (χ1v) is 6.28. The van der Waals surface area contributed by atoms with Gasteiger partial charge in [-0.3, -0.25) is 4.79 Å². The van der Waals surface area contributed by atoms with Crippen molar-refractivity contribution in [2.75, 3.05) is 13.3 Å². The van der Waals surface area contributed by atoms with Gasteiger partial charge in [0.1, 0.15) is 6.73 Å². The summed E-state index contributed by atoms with van der Waals surface area (Å²) in [5.41, 5.74) is 1.15. The third-order valence-corrected chi connectivity index (χ3v) is 2.97. The van der Waals surface area contributed by atoms with Crippen LogP contribution < -0.4 is 0 Å². The van der Waals surface area contributed by atoms with Gasteiger partial charge >= 0.3 is 5.97 Å². The Balaban J connectivity index is 1.74. The third kappa shape index (κ3) is 3.82. The molecule has 1 aliphatic heterocycles. The molecule has 4 nitrogen and oxygen atoms in total. The van der Waals surface area contributed by atoms with Gasteiger partial charge in [-0.1, -0.05) is 30.3 Å². The standard InChI is InChI=1S/C14H19NO3/c1-12(16)18-14-8-5-9-15(14)11-17-10-13-6-3-2-4-7-13/h2-4,6-7,14H,5,8-11H2,1H3. The van der Waals surface area contributed by atoms with Crippen molar-refractivity contribution in [1.29, 1.82) is 0 Å². The number of esters is 1. The number of nitrogens with zero attached hydrogens (tertiary/aromatic N) is 1.